The van der Waals surface area contributed by atoms with Crippen molar-refractivity contribution in [1.29, 1.82) is 0 Å². The van der Waals surface area contributed by atoms with Crippen LogP contribution < -0.4 is 5.32 Å². The maximum absolute atomic E-state index is 11.9. The van der Waals surface area contributed by atoms with E-state index in [-0.39, 0.29) is 12.6 Å². The van der Waals surface area contributed by atoms with E-state index in [4.69, 9.17) is 0 Å². The molecule has 3 nitrogen and oxygen atoms in total. The topological polar surface area (TPSA) is 34.1 Å². The first-order valence-corrected chi connectivity index (χ1v) is 6.62. The molecule has 1 unspecified atom stereocenters. The zero-order chi connectivity index (χ0) is 13.6. The first-order valence-electron chi connectivity index (χ1n) is 5.74. The van der Waals surface area contributed by atoms with Gasteiger partial charge in [0.25, 0.3) is 0 Å². The summed E-state index contributed by atoms with van der Waals surface area (Å²) < 4.78 is 40.2. The average Bonchev–Trinajstić information content (AvgIpc) is 2.73. The van der Waals surface area contributed by atoms with Crippen LogP contribution in [-0.2, 0) is 11.3 Å². The van der Waals surface area contributed by atoms with Gasteiger partial charge in [-0.3, -0.25) is 0 Å². The van der Waals surface area contributed by atoms with E-state index in [1.54, 1.807) is 0 Å². The summed E-state index contributed by atoms with van der Waals surface area (Å²) in [5, 5.41) is 5.68. The van der Waals surface area contributed by atoms with Crippen molar-refractivity contribution >= 4 is 11.3 Å². The summed E-state index contributed by atoms with van der Waals surface area (Å²) in [6.45, 7) is 3.61. The normalized spacial score (nSPS) is 13.8. The molecule has 1 aromatic rings. The van der Waals surface area contributed by atoms with Gasteiger partial charge in [-0.25, -0.2) is 4.98 Å². The molecule has 0 saturated heterocycles. The Labute approximate surface area is 108 Å². The zero-order valence-corrected chi connectivity index (χ0v) is 11.2. The predicted molar refractivity (Wildman–Crippen MR) is 64.5 cm³/mol. The minimum Gasteiger partial charge on any atom is -0.365 e. The molecule has 0 radical (unpaired) electrons. The van der Waals surface area contributed by atoms with E-state index >= 15 is 0 Å². The molecule has 0 aliphatic rings. The third-order valence-corrected chi connectivity index (χ3v) is 3.05. The lowest BCUT2D eigenvalue weighted by Gasteiger charge is -2.09. The zero-order valence-electron chi connectivity index (χ0n) is 10.4. The number of hydrogen-bond acceptors (Lipinski definition) is 4. The smallest absolute Gasteiger partial charge is 0.365 e. The molecule has 7 heteroatoms. The second-order valence-electron chi connectivity index (χ2n) is 3.95. The highest BCUT2D eigenvalue weighted by atomic mass is 32.1. The predicted octanol–water partition coefficient (Wildman–Crippen LogP) is 3.28. The van der Waals surface area contributed by atoms with E-state index in [2.05, 4.69) is 22.0 Å². The molecule has 0 amide bonds. The van der Waals surface area contributed by atoms with Crippen LogP contribution in [0.3, 0.4) is 0 Å². The molecule has 0 aliphatic carbocycles. The SMILES string of the molecule is CCCNC(C)c1csc(COCC(F)(F)F)n1. The van der Waals surface area contributed by atoms with Crippen molar-refractivity contribution in [2.45, 2.75) is 39.1 Å². The molecule has 0 bridgehead atoms. The number of halogens is 3. The van der Waals surface area contributed by atoms with Gasteiger partial charge >= 0.3 is 6.18 Å². The van der Waals surface area contributed by atoms with Crippen LogP contribution in [0.4, 0.5) is 13.2 Å². The quantitative estimate of drug-likeness (QED) is 0.833. The van der Waals surface area contributed by atoms with Crippen LogP contribution in [0.2, 0.25) is 0 Å². The molecular formula is C11H17F3N2OS. The first kappa shape index (κ1) is 15.4. The van der Waals surface area contributed by atoms with Gasteiger partial charge in [0.05, 0.1) is 12.3 Å². The van der Waals surface area contributed by atoms with Crippen molar-refractivity contribution in [3.05, 3.63) is 16.1 Å². The highest BCUT2D eigenvalue weighted by Gasteiger charge is 2.27. The van der Waals surface area contributed by atoms with Crippen molar-refractivity contribution in [3.8, 4) is 0 Å². The molecule has 1 heterocycles. The van der Waals surface area contributed by atoms with E-state index in [0.717, 1.165) is 18.7 Å². The molecule has 1 rings (SSSR count). The third-order valence-electron chi connectivity index (χ3n) is 2.20. The fourth-order valence-electron chi connectivity index (χ4n) is 1.31. The van der Waals surface area contributed by atoms with Crippen molar-refractivity contribution in [2.75, 3.05) is 13.2 Å². The number of alkyl halides is 3. The second kappa shape index (κ2) is 7.06. The van der Waals surface area contributed by atoms with Gasteiger partial charge in [0.2, 0.25) is 0 Å². The van der Waals surface area contributed by atoms with E-state index in [0.29, 0.717) is 5.01 Å². The minimum absolute atomic E-state index is 0.0926. The van der Waals surface area contributed by atoms with Gasteiger partial charge in [-0.05, 0) is 19.9 Å². The number of aromatic nitrogens is 1. The number of ether oxygens (including phenoxy) is 1. The molecule has 0 aromatic carbocycles. The summed E-state index contributed by atoms with van der Waals surface area (Å²) in [4.78, 5) is 4.25. The van der Waals surface area contributed by atoms with E-state index in [1.165, 1.54) is 11.3 Å². The lowest BCUT2D eigenvalue weighted by molar-refractivity contribution is -0.176. The Hall–Kier alpha value is -0.660. The summed E-state index contributed by atoms with van der Waals surface area (Å²) in [6, 6.07) is 0.109. The lowest BCUT2D eigenvalue weighted by Crippen LogP contribution is -2.19. The molecule has 104 valence electrons. The summed E-state index contributed by atoms with van der Waals surface area (Å²) in [5.74, 6) is 0. The van der Waals surface area contributed by atoms with Crippen LogP contribution in [0.25, 0.3) is 0 Å². The van der Waals surface area contributed by atoms with Crippen LogP contribution in [0.15, 0.2) is 5.38 Å². The molecule has 1 atom stereocenters. The fraction of sp³-hybridized carbons (Fsp3) is 0.727. The Morgan fingerprint density at radius 1 is 1.50 bits per heavy atom. The summed E-state index contributed by atoms with van der Waals surface area (Å²) >= 11 is 1.32. The van der Waals surface area contributed by atoms with Crippen LogP contribution >= 0.6 is 11.3 Å². The molecule has 0 spiro atoms. The maximum Gasteiger partial charge on any atom is 0.411 e. The summed E-state index contributed by atoms with van der Waals surface area (Å²) in [7, 11) is 0. The molecule has 18 heavy (non-hydrogen) atoms. The number of nitrogens with one attached hydrogen (secondary N) is 1. The molecule has 1 N–H and O–H groups in total. The van der Waals surface area contributed by atoms with Crippen molar-refractivity contribution < 1.29 is 17.9 Å². The number of rotatable bonds is 7. The first-order chi connectivity index (χ1) is 8.42. The molecule has 0 saturated carbocycles. The molecular weight excluding hydrogens is 265 g/mol. The highest BCUT2D eigenvalue weighted by molar-refractivity contribution is 7.09. The van der Waals surface area contributed by atoms with Crippen LogP contribution in [0, 0.1) is 0 Å². The van der Waals surface area contributed by atoms with Crippen molar-refractivity contribution in [2.24, 2.45) is 0 Å². The third kappa shape index (κ3) is 5.79. The van der Waals surface area contributed by atoms with Crippen LogP contribution in [-0.4, -0.2) is 24.3 Å². The van der Waals surface area contributed by atoms with Crippen molar-refractivity contribution in [1.82, 2.24) is 10.3 Å². The standard InChI is InChI=1S/C11H17F3N2OS/c1-3-4-15-8(2)9-6-18-10(16-9)5-17-7-11(12,13)14/h6,8,15H,3-5,7H2,1-2H3. The summed E-state index contributed by atoms with van der Waals surface area (Å²) in [5.41, 5.74) is 0.846. The second-order valence-corrected chi connectivity index (χ2v) is 4.89. The van der Waals surface area contributed by atoms with Crippen LogP contribution in [0.5, 0.6) is 0 Å². The Kier molecular flexibility index (Phi) is 6.04. The van der Waals surface area contributed by atoms with Crippen molar-refractivity contribution in [3.63, 3.8) is 0 Å². The van der Waals surface area contributed by atoms with Gasteiger partial charge in [-0.15, -0.1) is 11.3 Å². The Morgan fingerprint density at radius 2 is 2.22 bits per heavy atom. The van der Waals surface area contributed by atoms with Gasteiger partial charge in [0, 0.05) is 11.4 Å². The van der Waals surface area contributed by atoms with E-state index < -0.39 is 12.8 Å². The monoisotopic (exact) mass is 282 g/mol. The Balaban J connectivity index is 2.38. The van der Waals surface area contributed by atoms with E-state index in [9.17, 15) is 13.2 Å². The molecule has 0 fully saturated rings. The van der Waals surface area contributed by atoms with Crippen LogP contribution in [0.1, 0.15) is 37.0 Å². The number of thiazole rings is 1. The number of hydrogen-bond donors (Lipinski definition) is 1. The van der Waals surface area contributed by atoms with Gasteiger partial charge in [0.15, 0.2) is 0 Å². The number of nitrogens with zero attached hydrogens (tertiary/aromatic N) is 1. The Bertz CT molecular complexity index is 354. The highest BCUT2D eigenvalue weighted by Crippen LogP contribution is 2.19. The summed E-state index contributed by atoms with van der Waals surface area (Å²) in [6.07, 6.45) is -3.26. The Morgan fingerprint density at radius 3 is 2.83 bits per heavy atom. The average molecular weight is 282 g/mol. The van der Waals surface area contributed by atoms with E-state index in [1.807, 2.05) is 12.3 Å². The fourth-order valence-corrected chi connectivity index (χ4v) is 2.13. The molecule has 1 aromatic heterocycles. The minimum atomic E-state index is -4.28. The maximum atomic E-state index is 11.9. The van der Waals surface area contributed by atoms with Gasteiger partial charge in [-0.1, -0.05) is 6.92 Å². The lowest BCUT2D eigenvalue weighted by atomic mass is 10.2. The van der Waals surface area contributed by atoms with Gasteiger partial charge in [0.1, 0.15) is 11.6 Å². The van der Waals surface area contributed by atoms with Gasteiger partial charge in [-0.2, -0.15) is 13.2 Å². The van der Waals surface area contributed by atoms with Gasteiger partial charge < -0.3 is 10.1 Å². The molecule has 0 aliphatic heterocycles. The largest absolute Gasteiger partial charge is 0.411 e.